The van der Waals surface area contributed by atoms with E-state index in [-0.39, 0.29) is 0 Å². The van der Waals surface area contributed by atoms with E-state index in [0.29, 0.717) is 11.1 Å². The summed E-state index contributed by atoms with van der Waals surface area (Å²) >= 11 is 0. The molecule has 0 radical (unpaired) electrons. The van der Waals surface area contributed by atoms with Crippen molar-refractivity contribution < 1.29 is 26.3 Å². The molecule has 0 atom stereocenters. The van der Waals surface area contributed by atoms with Crippen LogP contribution in [0.15, 0.2) is 146 Å². The SMILES string of the molecule is FC(F)(F)c1ccc(-c2c3ccccc3c(-c3ccc4ccc5c(-c6ccc(C(F)(F)F)cc6)ccc6ccc3c4c65)c3ccccc23)cc1. The predicted molar refractivity (Wildman–Crippen MR) is 191 cm³/mol. The minimum absolute atomic E-state index is 0.688. The first-order valence-corrected chi connectivity index (χ1v) is 16.1. The summed E-state index contributed by atoms with van der Waals surface area (Å²) in [6, 6.07) is 43.2. The lowest BCUT2D eigenvalue weighted by Crippen LogP contribution is -2.04. The van der Waals surface area contributed by atoms with Gasteiger partial charge in [0.2, 0.25) is 0 Å². The van der Waals surface area contributed by atoms with Crippen molar-refractivity contribution in [3.8, 4) is 33.4 Å². The molecule has 0 spiro atoms. The fourth-order valence-corrected chi connectivity index (χ4v) is 7.67. The standard InChI is InChI=1S/C44H24F6/c45-43(46,47)29-17-9-25(10-18-29)31-21-13-27-15-23-37-38(24-16-28-14-22-36(31)40(27)41(28)37)42-34-7-3-1-5-32(34)39(33-6-2-4-8-35(33)42)26-11-19-30(20-12-26)44(48,49)50/h1-24H. The topological polar surface area (TPSA) is 0 Å². The van der Waals surface area contributed by atoms with Crippen LogP contribution in [0.1, 0.15) is 11.1 Å². The van der Waals surface area contributed by atoms with Crippen LogP contribution in [0, 0.1) is 0 Å². The van der Waals surface area contributed by atoms with Crippen LogP contribution in [0.5, 0.6) is 0 Å². The van der Waals surface area contributed by atoms with Crippen molar-refractivity contribution in [3.05, 3.63) is 157 Å². The zero-order valence-corrected chi connectivity index (χ0v) is 26.1. The summed E-state index contributed by atoms with van der Waals surface area (Å²) in [5, 5.41) is 9.95. The van der Waals surface area contributed by atoms with Gasteiger partial charge >= 0.3 is 12.4 Å². The lowest BCUT2D eigenvalue weighted by atomic mass is 9.83. The molecule has 0 aliphatic heterocycles. The lowest BCUT2D eigenvalue weighted by molar-refractivity contribution is -0.138. The van der Waals surface area contributed by atoms with Crippen LogP contribution in [-0.4, -0.2) is 0 Å². The molecule has 0 aliphatic rings. The average molecular weight is 667 g/mol. The van der Waals surface area contributed by atoms with Crippen molar-refractivity contribution >= 4 is 53.9 Å². The third-order valence-electron chi connectivity index (χ3n) is 9.89. The number of hydrogen-bond donors (Lipinski definition) is 0. The van der Waals surface area contributed by atoms with Gasteiger partial charge in [-0.1, -0.05) is 121 Å². The van der Waals surface area contributed by atoms with Crippen LogP contribution in [0.2, 0.25) is 0 Å². The Balaban J connectivity index is 1.32. The van der Waals surface area contributed by atoms with E-state index in [1.165, 1.54) is 12.1 Å². The lowest BCUT2D eigenvalue weighted by Gasteiger charge is -2.20. The summed E-state index contributed by atoms with van der Waals surface area (Å²) < 4.78 is 80.4. The van der Waals surface area contributed by atoms with E-state index in [0.717, 1.165) is 100 Å². The van der Waals surface area contributed by atoms with Gasteiger partial charge < -0.3 is 0 Å². The Morgan fingerprint density at radius 1 is 0.300 bits per heavy atom. The molecule has 9 rings (SSSR count). The highest BCUT2D eigenvalue weighted by atomic mass is 19.4. The fourth-order valence-electron chi connectivity index (χ4n) is 7.67. The first-order valence-electron chi connectivity index (χ1n) is 16.1. The summed E-state index contributed by atoms with van der Waals surface area (Å²) in [6.45, 7) is 0. The molecule has 0 amide bonds. The Bertz CT molecular complexity index is 2700. The molecule has 242 valence electrons. The van der Waals surface area contributed by atoms with Crippen molar-refractivity contribution in [2.24, 2.45) is 0 Å². The first kappa shape index (κ1) is 30.2. The summed E-state index contributed by atoms with van der Waals surface area (Å²) in [6.07, 6.45) is -8.85. The van der Waals surface area contributed by atoms with E-state index in [1.807, 2.05) is 54.6 Å². The van der Waals surface area contributed by atoms with Gasteiger partial charge in [0, 0.05) is 0 Å². The molecular weight excluding hydrogens is 642 g/mol. The van der Waals surface area contributed by atoms with Crippen LogP contribution in [0.25, 0.3) is 87.2 Å². The van der Waals surface area contributed by atoms with Gasteiger partial charge in [-0.2, -0.15) is 26.3 Å². The Labute approximate surface area is 282 Å². The smallest absolute Gasteiger partial charge is 0.166 e. The molecule has 0 nitrogen and oxygen atoms in total. The molecule has 0 saturated carbocycles. The Kier molecular flexibility index (Phi) is 6.53. The number of rotatable bonds is 3. The highest BCUT2D eigenvalue weighted by molar-refractivity contribution is 6.30. The van der Waals surface area contributed by atoms with E-state index in [1.54, 1.807) is 12.1 Å². The van der Waals surface area contributed by atoms with Crippen molar-refractivity contribution in [2.45, 2.75) is 12.4 Å². The highest BCUT2D eigenvalue weighted by Gasteiger charge is 2.31. The van der Waals surface area contributed by atoms with E-state index < -0.39 is 23.5 Å². The Morgan fingerprint density at radius 2 is 0.680 bits per heavy atom. The van der Waals surface area contributed by atoms with Crippen molar-refractivity contribution in [3.63, 3.8) is 0 Å². The largest absolute Gasteiger partial charge is 0.416 e. The third-order valence-corrected chi connectivity index (χ3v) is 9.89. The van der Waals surface area contributed by atoms with Crippen LogP contribution in [0.4, 0.5) is 26.3 Å². The van der Waals surface area contributed by atoms with Gasteiger partial charge in [0.05, 0.1) is 11.1 Å². The van der Waals surface area contributed by atoms with Crippen LogP contribution in [0.3, 0.4) is 0 Å². The molecule has 0 bridgehead atoms. The van der Waals surface area contributed by atoms with Crippen molar-refractivity contribution in [1.29, 1.82) is 0 Å². The number of alkyl halides is 6. The van der Waals surface area contributed by atoms with Crippen molar-refractivity contribution in [2.75, 3.05) is 0 Å². The Hall–Kier alpha value is -5.88. The van der Waals surface area contributed by atoms with E-state index in [9.17, 15) is 26.3 Å². The molecule has 0 fully saturated rings. The first-order chi connectivity index (χ1) is 24.1. The molecule has 0 unspecified atom stereocenters. The molecule has 0 aromatic heterocycles. The summed E-state index contributed by atoms with van der Waals surface area (Å²) in [7, 11) is 0. The molecule has 6 heteroatoms. The third kappa shape index (κ3) is 4.62. The fraction of sp³-hybridized carbons (Fsp3) is 0.0455. The van der Waals surface area contributed by atoms with E-state index in [4.69, 9.17) is 0 Å². The second kappa shape index (κ2) is 10.8. The molecule has 0 aliphatic carbocycles. The zero-order chi connectivity index (χ0) is 34.4. The maximum Gasteiger partial charge on any atom is 0.416 e. The second-order valence-corrected chi connectivity index (χ2v) is 12.6. The van der Waals surface area contributed by atoms with Crippen LogP contribution < -0.4 is 0 Å². The molecule has 0 saturated heterocycles. The van der Waals surface area contributed by atoms with Gasteiger partial charge in [-0.3, -0.25) is 0 Å². The summed E-state index contributed by atoms with van der Waals surface area (Å²) in [5.41, 5.74) is 3.77. The molecule has 9 aromatic carbocycles. The van der Waals surface area contributed by atoms with Gasteiger partial charge in [-0.25, -0.2) is 0 Å². The number of fused-ring (bicyclic) bond motifs is 2. The number of halogens is 6. The van der Waals surface area contributed by atoms with Gasteiger partial charge in [-0.05, 0) is 112 Å². The number of benzene rings is 9. The van der Waals surface area contributed by atoms with E-state index >= 15 is 0 Å². The number of hydrogen-bond acceptors (Lipinski definition) is 0. The minimum Gasteiger partial charge on any atom is -0.166 e. The molecule has 50 heavy (non-hydrogen) atoms. The molecular formula is C44H24F6. The maximum atomic E-state index is 13.5. The van der Waals surface area contributed by atoms with E-state index in [2.05, 4.69) is 42.5 Å². The average Bonchev–Trinajstić information content (AvgIpc) is 3.12. The van der Waals surface area contributed by atoms with Gasteiger partial charge in [0.25, 0.3) is 0 Å². The predicted octanol–water partition coefficient (Wildman–Crippen LogP) is 13.9. The second-order valence-electron chi connectivity index (χ2n) is 12.6. The zero-order valence-electron chi connectivity index (χ0n) is 26.1. The molecule has 0 heterocycles. The highest BCUT2D eigenvalue weighted by Crippen LogP contribution is 2.48. The van der Waals surface area contributed by atoms with Crippen LogP contribution >= 0.6 is 0 Å². The Morgan fingerprint density at radius 3 is 1.14 bits per heavy atom. The van der Waals surface area contributed by atoms with Gasteiger partial charge in [0.15, 0.2) is 0 Å². The normalized spacial score (nSPS) is 12.6. The molecule has 0 N–H and O–H groups in total. The molecule has 9 aromatic rings. The summed E-state index contributed by atoms with van der Waals surface area (Å²) in [4.78, 5) is 0. The quantitative estimate of drug-likeness (QED) is 0.100. The van der Waals surface area contributed by atoms with Gasteiger partial charge in [0.1, 0.15) is 0 Å². The van der Waals surface area contributed by atoms with Crippen molar-refractivity contribution in [1.82, 2.24) is 0 Å². The monoisotopic (exact) mass is 666 g/mol. The van der Waals surface area contributed by atoms with Gasteiger partial charge in [-0.15, -0.1) is 0 Å². The maximum absolute atomic E-state index is 13.5. The van der Waals surface area contributed by atoms with Crippen LogP contribution in [-0.2, 0) is 12.4 Å². The summed E-state index contributed by atoms with van der Waals surface area (Å²) in [5.74, 6) is 0. The minimum atomic E-state index is -4.43.